The Kier molecular flexibility index (Phi) is 3.10. The topological polar surface area (TPSA) is 25.8 Å². The SMILES string of the molecule is Clc1ccc(-c2cncc(Cl)n2)c(Cl)c1. The first-order valence-electron chi connectivity index (χ1n) is 4.10. The molecule has 15 heavy (non-hydrogen) atoms. The third-order valence-electron chi connectivity index (χ3n) is 1.81. The maximum atomic E-state index is 6.02. The summed E-state index contributed by atoms with van der Waals surface area (Å²) < 4.78 is 0. The highest BCUT2D eigenvalue weighted by atomic mass is 35.5. The molecule has 1 aromatic carbocycles. The molecule has 0 spiro atoms. The Morgan fingerprint density at radius 2 is 1.80 bits per heavy atom. The Labute approximate surface area is 102 Å². The van der Waals surface area contributed by atoms with Crippen LogP contribution in [0, 0.1) is 0 Å². The molecule has 2 nitrogen and oxygen atoms in total. The van der Waals surface area contributed by atoms with Crippen molar-refractivity contribution < 1.29 is 0 Å². The summed E-state index contributed by atoms with van der Waals surface area (Å²) >= 11 is 17.5. The molecule has 2 rings (SSSR count). The number of benzene rings is 1. The average Bonchev–Trinajstić information content (AvgIpc) is 2.17. The van der Waals surface area contributed by atoms with Crippen molar-refractivity contribution in [2.75, 3.05) is 0 Å². The summed E-state index contributed by atoms with van der Waals surface area (Å²) in [5, 5.41) is 1.44. The molecule has 1 aromatic heterocycles. The minimum absolute atomic E-state index is 0.332. The fourth-order valence-corrected chi connectivity index (χ4v) is 1.82. The number of nitrogens with zero attached hydrogens (tertiary/aromatic N) is 2. The molecule has 5 heteroatoms. The van der Waals surface area contributed by atoms with E-state index >= 15 is 0 Å². The van der Waals surface area contributed by atoms with Gasteiger partial charge in [0.25, 0.3) is 0 Å². The molecule has 0 atom stereocenters. The van der Waals surface area contributed by atoms with Crippen molar-refractivity contribution in [3.63, 3.8) is 0 Å². The van der Waals surface area contributed by atoms with E-state index in [1.807, 2.05) is 0 Å². The molecule has 76 valence electrons. The lowest BCUT2D eigenvalue weighted by Crippen LogP contribution is -1.86. The van der Waals surface area contributed by atoms with Crippen LogP contribution < -0.4 is 0 Å². The predicted molar refractivity (Wildman–Crippen MR) is 62.5 cm³/mol. The van der Waals surface area contributed by atoms with Gasteiger partial charge in [0.15, 0.2) is 0 Å². The summed E-state index contributed by atoms with van der Waals surface area (Å²) in [5.41, 5.74) is 1.39. The van der Waals surface area contributed by atoms with Crippen LogP contribution in [0.4, 0.5) is 0 Å². The first kappa shape index (κ1) is 10.7. The molecular formula is C10H5Cl3N2. The van der Waals surface area contributed by atoms with Gasteiger partial charge in [0.2, 0.25) is 0 Å². The molecule has 1 heterocycles. The Morgan fingerprint density at radius 1 is 1.00 bits per heavy atom. The molecule has 0 amide bonds. The normalized spacial score (nSPS) is 10.3. The van der Waals surface area contributed by atoms with Crippen LogP contribution in [0.1, 0.15) is 0 Å². The third kappa shape index (κ3) is 2.40. The average molecular weight is 260 g/mol. The minimum Gasteiger partial charge on any atom is -0.259 e. The van der Waals surface area contributed by atoms with E-state index in [9.17, 15) is 0 Å². The van der Waals surface area contributed by atoms with Gasteiger partial charge in [-0.15, -0.1) is 0 Å². The summed E-state index contributed by atoms with van der Waals surface area (Å²) in [5.74, 6) is 0. The van der Waals surface area contributed by atoms with Crippen LogP contribution in [0.25, 0.3) is 11.3 Å². The summed E-state index contributed by atoms with van der Waals surface area (Å²) in [4.78, 5) is 8.05. The number of aromatic nitrogens is 2. The molecule has 0 radical (unpaired) electrons. The molecule has 0 unspecified atom stereocenters. The highest BCUT2D eigenvalue weighted by molar-refractivity contribution is 6.36. The molecule has 0 saturated carbocycles. The van der Waals surface area contributed by atoms with Gasteiger partial charge in [0.1, 0.15) is 5.15 Å². The fraction of sp³-hybridized carbons (Fsp3) is 0. The van der Waals surface area contributed by atoms with E-state index in [2.05, 4.69) is 9.97 Å². The molecule has 0 aliphatic heterocycles. The zero-order valence-electron chi connectivity index (χ0n) is 7.42. The maximum absolute atomic E-state index is 6.02. The molecule has 0 bridgehead atoms. The second-order valence-electron chi connectivity index (χ2n) is 2.85. The van der Waals surface area contributed by atoms with Gasteiger partial charge in [-0.3, -0.25) is 4.98 Å². The molecule has 0 aliphatic carbocycles. The Morgan fingerprint density at radius 3 is 2.47 bits per heavy atom. The largest absolute Gasteiger partial charge is 0.259 e. The number of hydrogen-bond donors (Lipinski definition) is 0. The number of rotatable bonds is 1. The van der Waals surface area contributed by atoms with Crippen molar-refractivity contribution in [3.8, 4) is 11.3 Å². The van der Waals surface area contributed by atoms with Crippen LogP contribution in [0.15, 0.2) is 30.6 Å². The van der Waals surface area contributed by atoms with Crippen LogP contribution >= 0.6 is 34.8 Å². The van der Waals surface area contributed by atoms with E-state index in [4.69, 9.17) is 34.8 Å². The number of halogens is 3. The quantitative estimate of drug-likeness (QED) is 0.770. The first-order chi connectivity index (χ1) is 7.16. The van der Waals surface area contributed by atoms with E-state index in [1.165, 1.54) is 6.20 Å². The van der Waals surface area contributed by atoms with E-state index in [0.29, 0.717) is 20.9 Å². The molecule has 2 aromatic rings. The van der Waals surface area contributed by atoms with Crippen molar-refractivity contribution in [1.29, 1.82) is 0 Å². The summed E-state index contributed by atoms with van der Waals surface area (Å²) in [7, 11) is 0. The van der Waals surface area contributed by atoms with Gasteiger partial charge >= 0.3 is 0 Å². The lowest BCUT2D eigenvalue weighted by atomic mass is 10.2. The lowest BCUT2D eigenvalue weighted by Gasteiger charge is -2.03. The van der Waals surface area contributed by atoms with Crippen molar-refractivity contribution in [2.24, 2.45) is 0 Å². The third-order valence-corrected chi connectivity index (χ3v) is 2.54. The highest BCUT2D eigenvalue weighted by Crippen LogP contribution is 2.29. The predicted octanol–water partition coefficient (Wildman–Crippen LogP) is 4.10. The van der Waals surface area contributed by atoms with Crippen molar-refractivity contribution in [3.05, 3.63) is 45.8 Å². The van der Waals surface area contributed by atoms with Crippen LogP contribution in [0.5, 0.6) is 0 Å². The molecule has 0 aliphatic rings. The summed E-state index contributed by atoms with van der Waals surface area (Å²) in [6.45, 7) is 0. The second-order valence-corrected chi connectivity index (χ2v) is 4.08. The van der Waals surface area contributed by atoms with Gasteiger partial charge < -0.3 is 0 Å². The van der Waals surface area contributed by atoms with Crippen molar-refractivity contribution in [1.82, 2.24) is 9.97 Å². The number of hydrogen-bond acceptors (Lipinski definition) is 2. The van der Waals surface area contributed by atoms with E-state index in [-0.39, 0.29) is 0 Å². The fourth-order valence-electron chi connectivity index (χ4n) is 1.17. The monoisotopic (exact) mass is 258 g/mol. The lowest BCUT2D eigenvalue weighted by molar-refractivity contribution is 1.21. The molecule has 0 N–H and O–H groups in total. The van der Waals surface area contributed by atoms with Gasteiger partial charge in [0, 0.05) is 10.6 Å². The van der Waals surface area contributed by atoms with Gasteiger partial charge in [-0.05, 0) is 18.2 Å². The van der Waals surface area contributed by atoms with Gasteiger partial charge in [-0.25, -0.2) is 4.98 Å². The Hall–Kier alpha value is -0.830. The van der Waals surface area contributed by atoms with Gasteiger partial charge in [0.05, 0.1) is 23.1 Å². The van der Waals surface area contributed by atoms with Gasteiger partial charge in [-0.1, -0.05) is 34.8 Å². The van der Waals surface area contributed by atoms with Crippen LogP contribution in [0.3, 0.4) is 0 Å². The second kappa shape index (κ2) is 4.35. The minimum atomic E-state index is 0.332. The van der Waals surface area contributed by atoms with Gasteiger partial charge in [-0.2, -0.15) is 0 Å². The molecule has 0 saturated heterocycles. The van der Waals surface area contributed by atoms with Crippen LogP contribution in [-0.2, 0) is 0 Å². The summed E-state index contributed by atoms with van der Waals surface area (Å²) in [6.07, 6.45) is 3.07. The maximum Gasteiger partial charge on any atom is 0.148 e. The van der Waals surface area contributed by atoms with Crippen molar-refractivity contribution >= 4 is 34.8 Å². The Bertz CT molecular complexity index is 500. The van der Waals surface area contributed by atoms with Crippen molar-refractivity contribution in [2.45, 2.75) is 0 Å². The molecular weight excluding hydrogens is 254 g/mol. The smallest absolute Gasteiger partial charge is 0.148 e. The van der Waals surface area contributed by atoms with E-state index in [1.54, 1.807) is 24.4 Å². The van der Waals surface area contributed by atoms with E-state index < -0.39 is 0 Å². The standard InChI is InChI=1S/C10H5Cl3N2/c11-6-1-2-7(8(12)3-6)9-4-14-5-10(13)15-9/h1-5H. The summed E-state index contributed by atoms with van der Waals surface area (Å²) in [6, 6.07) is 5.18. The first-order valence-corrected chi connectivity index (χ1v) is 5.23. The highest BCUT2D eigenvalue weighted by Gasteiger charge is 2.06. The van der Waals surface area contributed by atoms with E-state index in [0.717, 1.165) is 5.56 Å². The van der Waals surface area contributed by atoms with Crippen LogP contribution in [0.2, 0.25) is 15.2 Å². The Balaban J connectivity index is 2.54. The zero-order valence-corrected chi connectivity index (χ0v) is 9.68. The zero-order chi connectivity index (χ0) is 10.8. The molecule has 0 fully saturated rings. The van der Waals surface area contributed by atoms with Crippen LogP contribution in [-0.4, -0.2) is 9.97 Å².